The van der Waals surface area contributed by atoms with Crippen molar-refractivity contribution in [1.82, 2.24) is 4.31 Å². The zero-order valence-electron chi connectivity index (χ0n) is 14.8. The largest absolute Gasteiger partial charge is 0.366 e. The zero-order valence-corrected chi connectivity index (χ0v) is 16.5. The average molecular weight is 408 g/mol. The smallest absolute Gasteiger partial charge is 0.252 e. The number of hydrogen-bond donors (Lipinski definition) is 2. The first kappa shape index (κ1) is 19.5. The van der Waals surface area contributed by atoms with E-state index in [1.165, 1.54) is 21.7 Å². The predicted molar refractivity (Wildman–Crippen MR) is 104 cm³/mol. The van der Waals surface area contributed by atoms with E-state index in [0.29, 0.717) is 34.8 Å². The van der Waals surface area contributed by atoms with Crippen LogP contribution in [0.5, 0.6) is 0 Å². The highest BCUT2D eigenvalue weighted by Gasteiger charge is 2.34. The molecule has 0 bridgehead atoms. The minimum absolute atomic E-state index is 0.140. The molecule has 2 amide bonds. The number of amides is 2. The Hall–Kier alpha value is -2.23. The summed E-state index contributed by atoms with van der Waals surface area (Å²) >= 11 is 1.23. The second-order valence-electron chi connectivity index (χ2n) is 6.50. The molecule has 0 saturated carbocycles. The SMILES string of the molecule is Cc1ccc(S(=O)(=O)N2CCC[C@H](C(=O)Nc3cccc(C(N)=O)c3)C2)s1. The van der Waals surface area contributed by atoms with E-state index in [0.717, 1.165) is 4.88 Å². The van der Waals surface area contributed by atoms with Gasteiger partial charge in [-0.2, -0.15) is 4.31 Å². The lowest BCUT2D eigenvalue weighted by atomic mass is 9.98. The van der Waals surface area contributed by atoms with Gasteiger partial charge in [-0.05, 0) is 50.1 Å². The van der Waals surface area contributed by atoms with Gasteiger partial charge in [-0.1, -0.05) is 6.07 Å². The maximum absolute atomic E-state index is 12.8. The van der Waals surface area contributed by atoms with E-state index < -0.39 is 21.8 Å². The number of anilines is 1. The first-order chi connectivity index (χ1) is 12.8. The third-order valence-electron chi connectivity index (χ3n) is 4.48. The van der Waals surface area contributed by atoms with E-state index in [-0.39, 0.29) is 12.5 Å². The van der Waals surface area contributed by atoms with E-state index >= 15 is 0 Å². The number of carbonyl (C=O) groups excluding carboxylic acids is 2. The lowest BCUT2D eigenvalue weighted by molar-refractivity contribution is -0.120. The van der Waals surface area contributed by atoms with Crippen molar-refractivity contribution < 1.29 is 18.0 Å². The van der Waals surface area contributed by atoms with E-state index in [1.54, 1.807) is 30.3 Å². The van der Waals surface area contributed by atoms with Crippen molar-refractivity contribution in [3.63, 3.8) is 0 Å². The van der Waals surface area contributed by atoms with Crippen LogP contribution in [-0.4, -0.2) is 37.6 Å². The van der Waals surface area contributed by atoms with Crippen LogP contribution in [0.2, 0.25) is 0 Å². The van der Waals surface area contributed by atoms with Crippen LogP contribution in [-0.2, 0) is 14.8 Å². The van der Waals surface area contributed by atoms with Crippen LogP contribution in [0.3, 0.4) is 0 Å². The maximum Gasteiger partial charge on any atom is 0.252 e. The monoisotopic (exact) mass is 407 g/mol. The van der Waals surface area contributed by atoms with Gasteiger partial charge >= 0.3 is 0 Å². The molecular weight excluding hydrogens is 386 g/mol. The predicted octanol–water partition coefficient (Wildman–Crippen LogP) is 2.19. The Bertz CT molecular complexity index is 968. The summed E-state index contributed by atoms with van der Waals surface area (Å²) in [5, 5.41) is 2.76. The molecule has 0 unspecified atom stereocenters. The van der Waals surface area contributed by atoms with Crippen molar-refractivity contribution >= 4 is 38.9 Å². The van der Waals surface area contributed by atoms with Crippen LogP contribution < -0.4 is 11.1 Å². The fraction of sp³-hybridized carbons (Fsp3) is 0.333. The minimum atomic E-state index is -3.59. The molecule has 0 spiro atoms. The molecule has 1 atom stereocenters. The Kier molecular flexibility index (Phi) is 5.64. The van der Waals surface area contributed by atoms with Crippen LogP contribution in [0.1, 0.15) is 28.1 Å². The number of primary amides is 1. The Morgan fingerprint density at radius 3 is 2.70 bits per heavy atom. The summed E-state index contributed by atoms with van der Waals surface area (Å²) in [6, 6.07) is 9.75. The van der Waals surface area contributed by atoms with Gasteiger partial charge in [0.1, 0.15) is 4.21 Å². The summed E-state index contributed by atoms with van der Waals surface area (Å²) in [5.74, 6) is -1.29. The molecule has 27 heavy (non-hydrogen) atoms. The number of rotatable bonds is 5. The second-order valence-corrected chi connectivity index (χ2v) is 9.95. The number of thiophene rings is 1. The van der Waals surface area contributed by atoms with Gasteiger partial charge in [-0.3, -0.25) is 9.59 Å². The number of benzene rings is 1. The van der Waals surface area contributed by atoms with Gasteiger partial charge in [0, 0.05) is 29.2 Å². The van der Waals surface area contributed by atoms with Gasteiger partial charge in [-0.15, -0.1) is 11.3 Å². The summed E-state index contributed by atoms with van der Waals surface area (Å²) in [7, 11) is -3.59. The number of aryl methyl sites for hydroxylation is 1. The molecule has 3 rings (SSSR count). The summed E-state index contributed by atoms with van der Waals surface area (Å²) in [6.45, 7) is 2.40. The number of nitrogens with zero attached hydrogens (tertiary/aromatic N) is 1. The summed E-state index contributed by atoms with van der Waals surface area (Å²) in [5.41, 5.74) is 6.02. The van der Waals surface area contributed by atoms with E-state index in [1.807, 2.05) is 6.92 Å². The van der Waals surface area contributed by atoms with Crippen molar-refractivity contribution in [3.8, 4) is 0 Å². The molecular formula is C18H21N3O4S2. The van der Waals surface area contributed by atoms with E-state index in [2.05, 4.69) is 5.32 Å². The topological polar surface area (TPSA) is 110 Å². The number of sulfonamides is 1. The van der Waals surface area contributed by atoms with Crippen molar-refractivity contribution in [2.24, 2.45) is 11.7 Å². The Morgan fingerprint density at radius 2 is 2.04 bits per heavy atom. The molecule has 1 aliphatic rings. The Morgan fingerprint density at radius 1 is 1.26 bits per heavy atom. The molecule has 1 aromatic carbocycles. The number of piperidine rings is 1. The molecule has 1 aromatic heterocycles. The highest BCUT2D eigenvalue weighted by Crippen LogP contribution is 2.28. The number of nitrogens with one attached hydrogen (secondary N) is 1. The van der Waals surface area contributed by atoms with Crippen LogP contribution in [0, 0.1) is 12.8 Å². The second kappa shape index (κ2) is 7.79. The van der Waals surface area contributed by atoms with Gasteiger partial charge in [0.2, 0.25) is 11.8 Å². The summed E-state index contributed by atoms with van der Waals surface area (Å²) in [6.07, 6.45) is 1.22. The quantitative estimate of drug-likeness (QED) is 0.792. The third-order valence-corrected chi connectivity index (χ3v) is 7.81. The summed E-state index contributed by atoms with van der Waals surface area (Å²) in [4.78, 5) is 24.8. The molecule has 1 saturated heterocycles. The third kappa shape index (κ3) is 4.37. The highest BCUT2D eigenvalue weighted by atomic mass is 32.2. The normalized spacial score (nSPS) is 18.2. The molecule has 2 heterocycles. The molecule has 9 heteroatoms. The van der Waals surface area contributed by atoms with Crippen LogP contribution in [0.25, 0.3) is 0 Å². The molecule has 144 valence electrons. The minimum Gasteiger partial charge on any atom is -0.366 e. The number of carbonyl (C=O) groups is 2. The molecule has 0 aliphatic carbocycles. The average Bonchev–Trinajstić information content (AvgIpc) is 3.09. The van der Waals surface area contributed by atoms with Crippen LogP contribution >= 0.6 is 11.3 Å². The Balaban J connectivity index is 1.71. The molecule has 3 N–H and O–H groups in total. The molecule has 1 aliphatic heterocycles. The molecule has 1 fully saturated rings. The molecule has 2 aromatic rings. The maximum atomic E-state index is 12.8. The fourth-order valence-electron chi connectivity index (χ4n) is 3.05. The fourth-order valence-corrected chi connectivity index (χ4v) is 6.01. The van der Waals surface area contributed by atoms with E-state index in [4.69, 9.17) is 5.73 Å². The van der Waals surface area contributed by atoms with Crippen molar-refractivity contribution in [2.75, 3.05) is 18.4 Å². The Labute approximate surface area is 162 Å². The van der Waals surface area contributed by atoms with Crippen molar-refractivity contribution in [2.45, 2.75) is 24.0 Å². The lowest BCUT2D eigenvalue weighted by Crippen LogP contribution is -2.43. The molecule has 0 radical (unpaired) electrons. The van der Waals surface area contributed by atoms with E-state index in [9.17, 15) is 18.0 Å². The lowest BCUT2D eigenvalue weighted by Gasteiger charge is -2.30. The van der Waals surface area contributed by atoms with Crippen molar-refractivity contribution in [3.05, 3.63) is 46.8 Å². The standard InChI is InChI=1S/C18H21N3O4S2/c1-12-7-8-16(26-12)27(24,25)21-9-3-5-14(11-21)18(23)20-15-6-2-4-13(10-15)17(19)22/h2,4,6-8,10,14H,3,5,9,11H2,1H3,(H2,19,22)(H,20,23)/t14-/m0/s1. The first-order valence-corrected chi connectivity index (χ1v) is 10.8. The van der Waals surface area contributed by atoms with Crippen LogP contribution in [0.15, 0.2) is 40.6 Å². The van der Waals surface area contributed by atoms with Gasteiger partial charge in [-0.25, -0.2) is 8.42 Å². The van der Waals surface area contributed by atoms with Gasteiger partial charge < -0.3 is 11.1 Å². The highest BCUT2D eigenvalue weighted by molar-refractivity contribution is 7.91. The van der Waals surface area contributed by atoms with Gasteiger partial charge in [0.15, 0.2) is 0 Å². The zero-order chi connectivity index (χ0) is 19.6. The first-order valence-electron chi connectivity index (χ1n) is 8.54. The van der Waals surface area contributed by atoms with Crippen LogP contribution in [0.4, 0.5) is 5.69 Å². The van der Waals surface area contributed by atoms with Gasteiger partial charge in [0.25, 0.3) is 10.0 Å². The number of hydrogen-bond acceptors (Lipinski definition) is 5. The van der Waals surface area contributed by atoms with Crippen molar-refractivity contribution in [1.29, 1.82) is 0 Å². The molecule has 7 nitrogen and oxygen atoms in total. The van der Waals surface area contributed by atoms with Gasteiger partial charge in [0.05, 0.1) is 5.92 Å². The number of nitrogens with two attached hydrogens (primary N) is 1. The summed E-state index contributed by atoms with van der Waals surface area (Å²) < 4.78 is 27.3.